The fourth-order valence-electron chi connectivity index (χ4n) is 2.29. The molecule has 0 aromatic carbocycles. The number of amides is 4. The molecule has 2 aliphatic rings. The summed E-state index contributed by atoms with van der Waals surface area (Å²) in [5, 5.41) is 11.0. The Balaban J connectivity index is 2.14. The van der Waals surface area contributed by atoms with Crippen molar-refractivity contribution in [1.82, 2.24) is 21.3 Å². The molecule has 90 valence electrons. The van der Waals surface area contributed by atoms with Gasteiger partial charge in [-0.2, -0.15) is 0 Å². The number of halogens is 1. The maximum Gasteiger partial charge on any atom is 0.318 e. The normalized spacial score (nSPS) is 36.1. The van der Waals surface area contributed by atoms with Crippen molar-refractivity contribution in [2.24, 2.45) is 0 Å². The Bertz CT molecular complexity index is 313. The lowest BCUT2D eigenvalue weighted by atomic mass is 9.92. The van der Waals surface area contributed by atoms with Gasteiger partial charge in [0.15, 0.2) is 11.3 Å². The van der Waals surface area contributed by atoms with Crippen LogP contribution in [0.15, 0.2) is 0 Å². The molecule has 0 aliphatic carbocycles. The van der Waals surface area contributed by atoms with Crippen LogP contribution in [0.2, 0.25) is 0 Å². The zero-order valence-electron chi connectivity index (χ0n) is 9.02. The van der Waals surface area contributed by atoms with Gasteiger partial charge in [-0.25, -0.2) is 9.59 Å². The van der Waals surface area contributed by atoms with E-state index in [-0.39, 0.29) is 12.1 Å². The number of hydrogen-bond acceptors (Lipinski definition) is 2. The summed E-state index contributed by atoms with van der Waals surface area (Å²) in [7, 11) is 0. The molecular weight excluding hydrogens is 232 g/mol. The quantitative estimate of drug-likeness (QED) is 0.429. The number of fused-ring (bicyclic) bond motifs is 1. The predicted molar refractivity (Wildman–Crippen MR) is 59.0 cm³/mol. The molecule has 2 heterocycles. The monoisotopic (exact) mass is 246 g/mol. The third-order valence-electron chi connectivity index (χ3n) is 3.17. The zero-order valence-corrected chi connectivity index (χ0v) is 9.78. The van der Waals surface area contributed by atoms with Crippen molar-refractivity contribution in [3.8, 4) is 0 Å². The molecule has 2 fully saturated rings. The second kappa shape index (κ2) is 3.69. The Morgan fingerprint density at radius 2 is 1.62 bits per heavy atom. The highest BCUT2D eigenvalue weighted by atomic mass is 35.5. The van der Waals surface area contributed by atoms with Gasteiger partial charge < -0.3 is 21.3 Å². The highest BCUT2D eigenvalue weighted by Gasteiger charge is 2.61. The molecule has 2 aliphatic heterocycles. The summed E-state index contributed by atoms with van der Waals surface area (Å²) in [6.45, 7) is 1.78. The zero-order chi connectivity index (χ0) is 11.8. The molecule has 16 heavy (non-hydrogen) atoms. The Hall–Kier alpha value is -1.17. The van der Waals surface area contributed by atoms with E-state index in [2.05, 4.69) is 21.3 Å². The van der Waals surface area contributed by atoms with Crippen LogP contribution in [0.5, 0.6) is 0 Å². The van der Waals surface area contributed by atoms with Gasteiger partial charge in [-0.1, -0.05) is 0 Å². The molecular formula is C9H15ClN4O2. The number of nitrogens with one attached hydrogen (secondary N) is 4. The summed E-state index contributed by atoms with van der Waals surface area (Å²) in [6, 6.07) is -0.554. The number of carbonyl (C=O) groups excluding carboxylic acids is 2. The van der Waals surface area contributed by atoms with E-state index in [0.717, 1.165) is 12.8 Å². The van der Waals surface area contributed by atoms with Crippen molar-refractivity contribution >= 4 is 23.7 Å². The van der Waals surface area contributed by atoms with Crippen molar-refractivity contribution in [1.29, 1.82) is 0 Å². The SMILES string of the molecule is C[C@]12NC(=O)N[C@@]1(CCCCCl)NC(=O)N2. The fourth-order valence-corrected chi connectivity index (χ4v) is 2.48. The van der Waals surface area contributed by atoms with Crippen molar-refractivity contribution in [3.63, 3.8) is 0 Å². The van der Waals surface area contributed by atoms with Gasteiger partial charge in [0.05, 0.1) is 0 Å². The van der Waals surface area contributed by atoms with Gasteiger partial charge >= 0.3 is 12.1 Å². The van der Waals surface area contributed by atoms with E-state index in [0.29, 0.717) is 12.3 Å². The minimum atomic E-state index is -0.770. The van der Waals surface area contributed by atoms with Gasteiger partial charge in [0.25, 0.3) is 0 Å². The largest absolute Gasteiger partial charge is 0.318 e. The number of urea groups is 2. The summed E-state index contributed by atoms with van der Waals surface area (Å²) in [5.41, 5.74) is -1.51. The van der Waals surface area contributed by atoms with Gasteiger partial charge in [0, 0.05) is 5.88 Å². The Kier molecular flexibility index (Phi) is 2.61. The highest BCUT2D eigenvalue weighted by molar-refractivity contribution is 6.17. The summed E-state index contributed by atoms with van der Waals surface area (Å²) in [6.07, 6.45) is 2.34. The minimum Gasteiger partial charge on any atom is -0.312 e. The van der Waals surface area contributed by atoms with E-state index < -0.39 is 11.3 Å². The predicted octanol–water partition coefficient (Wildman–Crippen LogP) is 0.434. The van der Waals surface area contributed by atoms with Crippen molar-refractivity contribution in [3.05, 3.63) is 0 Å². The van der Waals surface area contributed by atoms with Gasteiger partial charge in [0.1, 0.15) is 0 Å². The molecule has 0 spiro atoms. The van der Waals surface area contributed by atoms with Crippen molar-refractivity contribution in [2.45, 2.75) is 37.5 Å². The first-order chi connectivity index (χ1) is 7.51. The van der Waals surface area contributed by atoms with Gasteiger partial charge in [-0.05, 0) is 26.2 Å². The molecule has 4 amide bonds. The second-order valence-electron chi connectivity index (χ2n) is 4.33. The first kappa shape index (κ1) is 11.3. The Labute approximate surface area is 98.5 Å². The maximum atomic E-state index is 11.4. The summed E-state index contributed by atoms with van der Waals surface area (Å²) < 4.78 is 0. The molecule has 0 aromatic rings. The molecule has 0 saturated carbocycles. The van der Waals surface area contributed by atoms with Gasteiger partial charge in [-0.3, -0.25) is 0 Å². The van der Waals surface area contributed by atoms with Crippen LogP contribution < -0.4 is 21.3 Å². The molecule has 4 N–H and O–H groups in total. The van der Waals surface area contributed by atoms with E-state index in [1.165, 1.54) is 0 Å². The van der Waals surface area contributed by atoms with Crippen LogP contribution in [-0.4, -0.2) is 29.3 Å². The molecule has 2 rings (SSSR count). The second-order valence-corrected chi connectivity index (χ2v) is 4.71. The van der Waals surface area contributed by atoms with Crippen molar-refractivity contribution < 1.29 is 9.59 Å². The van der Waals surface area contributed by atoms with E-state index in [9.17, 15) is 9.59 Å². The summed E-state index contributed by atoms with van der Waals surface area (Å²) in [4.78, 5) is 22.7. The fraction of sp³-hybridized carbons (Fsp3) is 0.778. The Morgan fingerprint density at radius 3 is 2.12 bits per heavy atom. The van der Waals surface area contributed by atoms with E-state index in [1.807, 2.05) is 0 Å². The molecule has 2 saturated heterocycles. The van der Waals surface area contributed by atoms with Gasteiger partial charge in [0.2, 0.25) is 0 Å². The van der Waals surface area contributed by atoms with Crippen LogP contribution in [0.1, 0.15) is 26.2 Å². The number of alkyl halides is 1. The van der Waals surface area contributed by atoms with Crippen LogP contribution >= 0.6 is 11.6 Å². The number of rotatable bonds is 4. The van der Waals surface area contributed by atoms with E-state index in [4.69, 9.17) is 11.6 Å². The lowest BCUT2D eigenvalue weighted by Gasteiger charge is -2.34. The minimum absolute atomic E-state index is 0.277. The lowest BCUT2D eigenvalue weighted by Crippen LogP contribution is -2.64. The molecule has 0 bridgehead atoms. The topological polar surface area (TPSA) is 82.3 Å². The molecule has 0 radical (unpaired) electrons. The third kappa shape index (κ3) is 1.57. The number of hydrogen-bond donors (Lipinski definition) is 4. The average Bonchev–Trinajstić information content (AvgIpc) is 2.49. The standard InChI is InChI=1S/C9H15ClN4O2/c1-8-9(4-2-3-5-10,13-6(15)11-8)14-7(16)12-8/h2-5H2,1H3,(H2,11,13,15)(H2,12,14,16)/t8-,9+. The smallest absolute Gasteiger partial charge is 0.312 e. The third-order valence-corrected chi connectivity index (χ3v) is 3.44. The van der Waals surface area contributed by atoms with Crippen LogP contribution in [-0.2, 0) is 0 Å². The summed E-state index contributed by atoms with van der Waals surface area (Å²) >= 11 is 5.61. The number of unbranched alkanes of at least 4 members (excludes halogenated alkanes) is 1. The number of carbonyl (C=O) groups is 2. The highest BCUT2D eigenvalue weighted by Crippen LogP contribution is 2.31. The maximum absolute atomic E-state index is 11.4. The molecule has 7 heteroatoms. The average molecular weight is 247 g/mol. The molecule has 6 nitrogen and oxygen atoms in total. The van der Waals surface area contributed by atoms with Crippen molar-refractivity contribution in [2.75, 3.05) is 5.88 Å². The molecule has 0 aromatic heterocycles. The van der Waals surface area contributed by atoms with Crippen LogP contribution in [0.4, 0.5) is 9.59 Å². The first-order valence-electron chi connectivity index (χ1n) is 5.28. The van der Waals surface area contributed by atoms with Gasteiger partial charge in [-0.15, -0.1) is 11.6 Å². The summed E-state index contributed by atoms with van der Waals surface area (Å²) in [5.74, 6) is 0.579. The van der Waals surface area contributed by atoms with E-state index >= 15 is 0 Å². The van der Waals surface area contributed by atoms with Crippen LogP contribution in [0.3, 0.4) is 0 Å². The van der Waals surface area contributed by atoms with Crippen LogP contribution in [0.25, 0.3) is 0 Å². The first-order valence-corrected chi connectivity index (χ1v) is 5.81. The Morgan fingerprint density at radius 1 is 1.06 bits per heavy atom. The van der Waals surface area contributed by atoms with Crippen LogP contribution in [0, 0.1) is 0 Å². The molecule has 0 atom stereocenters. The molecule has 0 unspecified atom stereocenters. The lowest BCUT2D eigenvalue weighted by molar-refractivity contribution is 0.206. The van der Waals surface area contributed by atoms with E-state index in [1.54, 1.807) is 6.92 Å².